The van der Waals surface area contributed by atoms with Crippen LogP contribution in [0.3, 0.4) is 0 Å². The third kappa shape index (κ3) is 3.39. The Morgan fingerprint density at radius 1 is 0.931 bits per heavy atom. The van der Waals surface area contributed by atoms with Gasteiger partial charge in [-0.2, -0.15) is 0 Å². The number of nitrogens with zero attached hydrogens (tertiary/aromatic N) is 3. The van der Waals surface area contributed by atoms with Gasteiger partial charge in [-0.3, -0.25) is 10.1 Å². The molecule has 5 aromatic rings. The SMILES string of the molecule is O=C(Nc1nnc(-c2ccccc2)s1)c1cc(-c2ccco2)nc2ccccc12. The molecule has 0 bridgehead atoms. The van der Waals surface area contributed by atoms with E-state index in [0.717, 1.165) is 16.0 Å². The Morgan fingerprint density at radius 2 is 1.76 bits per heavy atom. The zero-order chi connectivity index (χ0) is 19.6. The van der Waals surface area contributed by atoms with Crippen LogP contribution in [0.4, 0.5) is 5.13 Å². The number of nitrogens with one attached hydrogen (secondary N) is 1. The van der Waals surface area contributed by atoms with Gasteiger partial charge in [0, 0.05) is 10.9 Å². The van der Waals surface area contributed by atoms with Gasteiger partial charge in [0.1, 0.15) is 10.7 Å². The number of benzene rings is 2. The minimum Gasteiger partial charge on any atom is -0.463 e. The average Bonchev–Trinajstić information content (AvgIpc) is 3.46. The van der Waals surface area contributed by atoms with Crippen LogP contribution in [0.5, 0.6) is 0 Å². The van der Waals surface area contributed by atoms with Gasteiger partial charge in [-0.05, 0) is 24.3 Å². The van der Waals surface area contributed by atoms with E-state index in [4.69, 9.17) is 4.42 Å². The molecule has 1 N–H and O–H groups in total. The molecule has 6 nitrogen and oxygen atoms in total. The van der Waals surface area contributed by atoms with E-state index in [1.54, 1.807) is 18.4 Å². The number of carbonyl (C=O) groups is 1. The highest BCUT2D eigenvalue weighted by Gasteiger charge is 2.17. The molecule has 0 saturated heterocycles. The lowest BCUT2D eigenvalue weighted by atomic mass is 10.1. The summed E-state index contributed by atoms with van der Waals surface area (Å²) in [5, 5.41) is 13.1. The van der Waals surface area contributed by atoms with Gasteiger partial charge in [0.05, 0.1) is 17.3 Å². The zero-order valence-corrected chi connectivity index (χ0v) is 15.9. The van der Waals surface area contributed by atoms with E-state index < -0.39 is 0 Å². The highest BCUT2D eigenvalue weighted by Crippen LogP contribution is 2.28. The lowest BCUT2D eigenvalue weighted by Gasteiger charge is -2.08. The Kier molecular flexibility index (Phi) is 4.34. The molecule has 29 heavy (non-hydrogen) atoms. The van der Waals surface area contributed by atoms with Crippen LogP contribution in [-0.4, -0.2) is 21.1 Å². The van der Waals surface area contributed by atoms with Crippen LogP contribution in [0.2, 0.25) is 0 Å². The Hall–Kier alpha value is -3.84. The lowest BCUT2D eigenvalue weighted by molar-refractivity contribution is 0.102. The van der Waals surface area contributed by atoms with Gasteiger partial charge in [0.15, 0.2) is 5.76 Å². The summed E-state index contributed by atoms with van der Waals surface area (Å²) in [6.07, 6.45) is 1.58. The molecular weight excluding hydrogens is 384 g/mol. The summed E-state index contributed by atoms with van der Waals surface area (Å²) in [6.45, 7) is 0. The van der Waals surface area contributed by atoms with Crippen LogP contribution >= 0.6 is 11.3 Å². The molecule has 0 radical (unpaired) electrons. The number of rotatable bonds is 4. The number of para-hydroxylation sites is 1. The Bertz CT molecular complexity index is 1300. The van der Waals surface area contributed by atoms with Crippen LogP contribution in [0, 0.1) is 0 Å². The highest BCUT2D eigenvalue weighted by molar-refractivity contribution is 7.18. The maximum absolute atomic E-state index is 13.1. The van der Waals surface area contributed by atoms with Gasteiger partial charge in [0.25, 0.3) is 5.91 Å². The van der Waals surface area contributed by atoms with Crippen molar-refractivity contribution in [2.45, 2.75) is 0 Å². The molecule has 0 atom stereocenters. The number of amides is 1. The maximum atomic E-state index is 13.1. The largest absolute Gasteiger partial charge is 0.463 e. The van der Waals surface area contributed by atoms with Crippen LogP contribution in [-0.2, 0) is 0 Å². The van der Waals surface area contributed by atoms with Crippen molar-refractivity contribution in [3.8, 4) is 22.0 Å². The summed E-state index contributed by atoms with van der Waals surface area (Å²) in [5.41, 5.74) is 2.77. The molecule has 0 saturated carbocycles. The molecule has 3 aromatic heterocycles. The van der Waals surface area contributed by atoms with Crippen molar-refractivity contribution in [1.29, 1.82) is 0 Å². The van der Waals surface area contributed by atoms with E-state index >= 15 is 0 Å². The predicted octanol–water partition coefficient (Wildman–Crippen LogP) is 5.27. The van der Waals surface area contributed by atoms with Crippen molar-refractivity contribution in [2.24, 2.45) is 0 Å². The molecule has 7 heteroatoms. The number of carbonyl (C=O) groups excluding carboxylic acids is 1. The molecular formula is C22H14N4O2S. The fraction of sp³-hybridized carbons (Fsp3) is 0. The molecule has 140 valence electrons. The molecule has 0 fully saturated rings. The quantitative estimate of drug-likeness (QED) is 0.446. The fourth-order valence-corrected chi connectivity index (χ4v) is 3.79. The number of anilines is 1. The average molecular weight is 398 g/mol. The number of hydrogen-bond acceptors (Lipinski definition) is 6. The van der Waals surface area contributed by atoms with E-state index in [-0.39, 0.29) is 5.91 Å². The highest BCUT2D eigenvalue weighted by atomic mass is 32.1. The monoisotopic (exact) mass is 398 g/mol. The second-order valence-corrected chi connectivity index (χ2v) is 7.26. The molecule has 2 aromatic carbocycles. The van der Waals surface area contributed by atoms with E-state index in [9.17, 15) is 4.79 Å². The van der Waals surface area contributed by atoms with Gasteiger partial charge in [-0.15, -0.1) is 10.2 Å². The number of fused-ring (bicyclic) bond motifs is 1. The topological polar surface area (TPSA) is 80.9 Å². The number of pyridine rings is 1. The predicted molar refractivity (Wildman–Crippen MR) is 113 cm³/mol. The molecule has 3 heterocycles. The Morgan fingerprint density at radius 3 is 2.59 bits per heavy atom. The van der Waals surface area contributed by atoms with Crippen molar-refractivity contribution < 1.29 is 9.21 Å². The molecule has 0 aliphatic carbocycles. The summed E-state index contributed by atoms with van der Waals surface area (Å²) >= 11 is 1.33. The normalized spacial score (nSPS) is 10.9. The first-order valence-corrected chi connectivity index (χ1v) is 9.73. The van der Waals surface area contributed by atoms with Gasteiger partial charge >= 0.3 is 0 Å². The molecule has 5 rings (SSSR count). The van der Waals surface area contributed by atoms with Gasteiger partial charge in [-0.25, -0.2) is 4.98 Å². The minimum atomic E-state index is -0.271. The molecule has 0 unspecified atom stereocenters. The number of hydrogen-bond donors (Lipinski definition) is 1. The van der Waals surface area contributed by atoms with Crippen molar-refractivity contribution in [2.75, 3.05) is 5.32 Å². The van der Waals surface area contributed by atoms with Crippen molar-refractivity contribution >= 4 is 33.3 Å². The third-order valence-electron chi connectivity index (χ3n) is 4.40. The maximum Gasteiger partial charge on any atom is 0.258 e. The van der Waals surface area contributed by atoms with Gasteiger partial charge < -0.3 is 4.42 Å². The van der Waals surface area contributed by atoms with Gasteiger partial charge in [-0.1, -0.05) is 59.9 Å². The number of aromatic nitrogens is 3. The van der Waals surface area contributed by atoms with Crippen molar-refractivity contribution in [3.05, 3.63) is 84.6 Å². The van der Waals surface area contributed by atoms with Crippen molar-refractivity contribution in [1.82, 2.24) is 15.2 Å². The second kappa shape index (κ2) is 7.29. The summed E-state index contributed by atoms with van der Waals surface area (Å²) in [7, 11) is 0. The van der Waals surface area contributed by atoms with E-state index in [1.165, 1.54) is 11.3 Å². The Labute approximate surface area is 169 Å². The standard InChI is InChI=1S/C22H14N4O2S/c27-20(24-22-26-25-21(29-22)14-7-2-1-3-8-14)16-13-18(19-11-6-12-28-19)23-17-10-5-4-9-15(16)17/h1-13H,(H,24,26,27). The van der Waals surface area contributed by atoms with E-state index in [2.05, 4.69) is 20.5 Å². The second-order valence-electron chi connectivity index (χ2n) is 6.28. The molecule has 0 aliphatic heterocycles. The van der Waals surface area contributed by atoms with E-state index in [0.29, 0.717) is 27.7 Å². The molecule has 0 spiro atoms. The first kappa shape index (κ1) is 17.3. The Balaban J connectivity index is 1.50. The first-order chi connectivity index (χ1) is 14.3. The van der Waals surface area contributed by atoms with Crippen LogP contribution in [0.15, 0.2) is 83.5 Å². The molecule has 1 amide bonds. The summed E-state index contributed by atoms with van der Waals surface area (Å²) in [4.78, 5) is 17.7. The summed E-state index contributed by atoms with van der Waals surface area (Å²) in [6, 6.07) is 22.6. The lowest BCUT2D eigenvalue weighted by Crippen LogP contribution is -2.13. The first-order valence-electron chi connectivity index (χ1n) is 8.92. The fourth-order valence-electron chi connectivity index (χ4n) is 3.05. The summed E-state index contributed by atoms with van der Waals surface area (Å²) in [5.74, 6) is 0.333. The third-order valence-corrected chi connectivity index (χ3v) is 5.29. The van der Waals surface area contributed by atoms with Crippen LogP contribution in [0.25, 0.3) is 32.9 Å². The smallest absolute Gasteiger partial charge is 0.258 e. The minimum absolute atomic E-state index is 0.271. The molecule has 0 aliphatic rings. The number of furan rings is 1. The zero-order valence-electron chi connectivity index (χ0n) is 15.1. The van der Waals surface area contributed by atoms with Gasteiger partial charge in [0.2, 0.25) is 5.13 Å². The van der Waals surface area contributed by atoms with E-state index in [1.807, 2.05) is 60.7 Å². The summed E-state index contributed by atoms with van der Waals surface area (Å²) < 4.78 is 5.46. The van der Waals surface area contributed by atoms with Crippen LogP contribution < -0.4 is 5.32 Å². The van der Waals surface area contributed by atoms with Crippen LogP contribution in [0.1, 0.15) is 10.4 Å². The van der Waals surface area contributed by atoms with Crippen molar-refractivity contribution in [3.63, 3.8) is 0 Å².